The Morgan fingerprint density at radius 3 is 2.71 bits per heavy atom. The maximum Gasteiger partial charge on any atom is 0.328 e. The van der Waals surface area contributed by atoms with Gasteiger partial charge in [-0.05, 0) is 69.0 Å². The predicted octanol–water partition coefficient (Wildman–Crippen LogP) is 3.32. The highest BCUT2D eigenvalue weighted by Crippen LogP contribution is 2.35. The van der Waals surface area contributed by atoms with Gasteiger partial charge in [0.05, 0.1) is 5.69 Å². The van der Waals surface area contributed by atoms with Crippen molar-refractivity contribution in [3.05, 3.63) is 59.1 Å². The van der Waals surface area contributed by atoms with Gasteiger partial charge in [0, 0.05) is 0 Å². The molecule has 4 rings (SSSR count). The van der Waals surface area contributed by atoms with E-state index in [0.29, 0.717) is 35.0 Å². The number of carbonyl (C=O) groups excluding carboxylic acids is 1. The number of carbonyl (C=O) groups is 1. The third kappa shape index (κ3) is 4.54. The standard InChI is InChI=1S/C23H27N3O5/c1-13-21(25)26-16-11-15(5-7-17(16)30-13)20(24)22(27)31-23(2,3)9-8-14-4-6-18-19(10-14)29-12-28-18/h4-7,10-11,20,26H,8-9,12,24-25H2,1-3H3. The molecule has 0 saturated heterocycles. The summed E-state index contributed by atoms with van der Waals surface area (Å²) in [5.41, 5.74) is 13.7. The summed E-state index contributed by atoms with van der Waals surface area (Å²) in [5, 5.41) is 3.05. The highest BCUT2D eigenvalue weighted by molar-refractivity contribution is 5.79. The van der Waals surface area contributed by atoms with Gasteiger partial charge in [0.15, 0.2) is 17.2 Å². The van der Waals surface area contributed by atoms with Crippen molar-refractivity contribution in [2.24, 2.45) is 11.5 Å². The summed E-state index contributed by atoms with van der Waals surface area (Å²) in [6.45, 7) is 5.77. The van der Waals surface area contributed by atoms with Crippen molar-refractivity contribution in [1.29, 1.82) is 0 Å². The van der Waals surface area contributed by atoms with E-state index in [1.807, 2.05) is 32.0 Å². The van der Waals surface area contributed by atoms with Crippen LogP contribution in [0.3, 0.4) is 0 Å². The summed E-state index contributed by atoms with van der Waals surface area (Å²) in [6, 6.07) is 10.2. The molecule has 2 aliphatic rings. The normalized spacial score (nSPS) is 15.6. The van der Waals surface area contributed by atoms with Crippen molar-refractivity contribution < 1.29 is 23.7 Å². The maximum absolute atomic E-state index is 12.7. The third-order valence-corrected chi connectivity index (χ3v) is 5.36. The van der Waals surface area contributed by atoms with E-state index in [9.17, 15) is 4.79 Å². The molecule has 5 N–H and O–H groups in total. The van der Waals surface area contributed by atoms with Crippen molar-refractivity contribution in [3.8, 4) is 17.2 Å². The molecule has 31 heavy (non-hydrogen) atoms. The molecule has 0 aliphatic carbocycles. The summed E-state index contributed by atoms with van der Waals surface area (Å²) in [6.07, 6.45) is 1.35. The monoisotopic (exact) mass is 425 g/mol. The SMILES string of the molecule is CC1=C(N)Nc2cc(C(N)C(=O)OC(C)(C)CCc3ccc4c(c3)OCO4)ccc2O1. The Bertz CT molecular complexity index is 1050. The van der Waals surface area contributed by atoms with Gasteiger partial charge in [-0.3, -0.25) is 0 Å². The van der Waals surface area contributed by atoms with Crippen LogP contribution in [0.5, 0.6) is 17.2 Å². The first-order chi connectivity index (χ1) is 14.7. The average Bonchev–Trinajstić information content (AvgIpc) is 3.20. The lowest BCUT2D eigenvalue weighted by atomic mass is 9.98. The fraction of sp³-hybridized carbons (Fsp3) is 0.348. The van der Waals surface area contributed by atoms with E-state index >= 15 is 0 Å². The molecule has 0 saturated carbocycles. The van der Waals surface area contributed by atoms with Crippen LogP contribution in [0.15, 0.2) is 48.0 Å². The van der Waals surface area contributed by atoms with Gasteiger partial charge in [0.25, 0.3) is 0 Å². The highest BCUT2D eigenvalue weighted by atomic mass is 16.7. The Labute approximate surface area is 181 Å². The first-order valence-electron chi connectivity index (χ1n) is 10.1. The van der Waals surface area contributed by atoms with Crippen LogP contribution in [0.4, 0.5) is 5.69 Å². The summed E-state index contributed by atoms with van der Waals surface area (Å²) >= 11 is 0. The Morgan fingerprint density at radius 2 is 1.90 bits per heavy atom. The van der Waals surface area contributed by atoms with Gasteiger partial charge < -0.3 is 35.7 Å². The minimum atomic E-state index is -0.926. The molecule has 2 aromatic carbocycles. The van der Waals surface area contributed by atoms with Crippen molar-refractivity contribution in [1.82, 2.24) is 0 Å². The molecule has 2 aromatic rings. The maximum atomic E-state index is 12.7. The molecular weight excluding hydrogens is 398 g/mol. The van der Waals surface area contributed by atoms with Crippen LogP contribution in [0, 0.1) is 0 Å². The fourth-order valence-electron chi connectivity index (χ4n) is 3.45. The number of nitrogens with one attached hydrogen (secondary N) is 1. The molecule has 0 bridgehead atoms. The number of nitrogens with two attached hydrogens (primary N) is 2. The fourth-order valence-corrected chi connectivity index (χ4v) is 3.45. The summed E-state index contributed by atoms with van der Waals surface area (Å²) in [5.74, 6) is 2.63. The second-order valence-corrected chi connectivity index (χ2v) is 8.30. The molecule has 0 aromatic heterocycles. The molecular formula is C23H27N3O5. The zero-order valence-electron chi connectivity index (χ0n) is 17.9. The zero-order valence-corrected chi connectivity index (χ0v) is 17.9. The number of fused-ring (bicyclic) bond motifs is 2. The number of benzene rings is 2. The van der Waals surface area contributed by atoms with Crippen molar-refractivity contribution >= 4 is 11.7 Å². The van der Waals surface area contributed by atoms with E-state index < -0.39 is 17.6 Å². The lowest BCUT2D eigenvalue weighted by molar-refractivity contribution is -0.158. The number of hydrogen-bond acceptors (Lipinski definition) is 8. The Hall–Kier alpha value is -3.39. The first-order valence-corrected chi connectivity index (χ1v) is 10.1. The first kappa shape index (κ1) is 20.9. The van der Waals surface area contributed by atoms with Crippen molar-refractivity contribution in [2.75, 3.05) is 12.1 Å². The topological polar surface area (TPSA) is 118 Å². The molecule has 0 radical (unpaired) electrons. The van der Waals surface area contributed by atoms with Gasteiger partial charge in [-0.1, -0.05) is 12.1 Å². The molecule has 8 nitrogen and oxygen atoms in total. The average molecular weight is 425 g/mol. The molecule has 1 unspecified atom stereocenters. The lowest BCUT2D eigenvalue weighted by Gasteiger charge is -2.27. The minimum absolute atomic E-state index is 0.243. The van der Waals surface area contributed by atoms with Crippen LogP contribution < -0.4 is 31.0 Å². The number of aryl methyl sites for hydroxylation is 1. The number of anilines is 1. The molecule has 2 heterocycles. The molecule has 8 heteroatoms. The molecule has 1 atom stereocenters. The van der Waals surface area contributed by atoms with Crippen LogP contribution in [-0.2, 0) is 16.0 Å². The van der Waals surface area contributed by atoms with Crippen LogP contribution in [0.1, 0.15) is 44.4 Å². The van der Waals surface area contributed by atoms with Crippen LogP contribution in [0.25, 0.3) is 0 Å². The minimum Gasteiger partial charge on any atom is -0.458 e. The van der Waals surface area contributed by atoms with Gasteiger partial charge in [-0.25, -0.2) is 4.79 Å². The van der Waals surface area contributed by atoms with E-state index in [4.69, 9.17) is 30.4 Å². The van der Waals surface area contributed by atoms with Crippen LogP contribution in [0.2, 0.25) is 0 Å². The predicted molar refractivity (Wildman–Crippen MR) is 116 cm³/mol. The number of hydrogen-bond donors (Lipinski definition) is 3. The third-order valence-electron chi connectivity index (χ3n) is 5.36. The quantitative estimate of drug-likeness (QED) is 0.603. The Morgan fingerprint density at radius 1 is 1.16 bits per heavy atom. The van der Waals surface area contributed by atoms with E-state index in [0.717, 1.165) is 23.5 Å². The van der Waals surface area contributed by atoms with Gasteiger partial charge in [-0.15, -0.1) is 0 Å². The summed E-state index contributed by atoms with van der Waals surface area (Å²) < 4.78 is 22.1. The molecule has 164 valence electrons. The Kier molecular flexibility index (Phi) is 5.41. The van der Waals surface area contributed by atoms with E-state index in [1.165, 1.54) is 0 Å². The van der Waals surface area contributed by atoms with Gasteiger partial charge in [-0.2, -0.15) is 0 Å². The second-order valence-electron chi connectivity index (χ2n) is 8.30. The summed E-state index contributed by atoms with van der Waals surface area (Å²) in [4.78, 5) is 12.7. The molecule has 0 fully saturated rings. The largest absolute Gasteiger partial charge is 0.458 e. The lowest BCUT2D eigenvalue weighted by Crippen LogP contribution is -2.34. The van der Waals surface area contributed by atoms with Crippen LogP contribution >= 0.6 is 0 Å². The number of esters is 1. The number of rotatable bonds is 6. The second kappa shape index (κ2) is 8.03. The molecule has 2 aliphatic heterocycles. The molecule has 0 amide bonds. The van der Waals surface area contributed by atoms with E-state index in [1.54, 1.807) is 25.1 Å². The van der Waals surface area contributed by atoms with Crippen molar-refractivity contribution in [3.63, 3.8) is 0 Å². The van der Waals surface area contributed by atoms with Crippen molar-refractivity contribution in [2.45, 2.75) is 45.3 Å². The van der Waals surface area contributed by atoms with Gasteiger partial charge in [0.1, 0.15) is 23.2 Å². The van der Waals surface area contributed by atoms with E-state index in [2.05, 4.69) is 5.32 Å². The van der Waals surface area contributed by atoms with E-state index in [-0.39, 0.29) is 6.79 Å². The molecule has 0 spiro atoms. The zero-order chi connectivity index (χ0) is 22.2. The van der Waals surface area contributed by atoms with Gasteiger partial charge in [0.2, 0.25) is 6.79 Å². The number of allylic oxidation sites excluding steroid dienone is 1. The van der Waals surface area contributed by atoms with Gasteiger partial charge >= 0.3 is 5.97 Å². The van der Waals surface area contributed by atoms with Crippen LogP contribution in [-0.4, -0.2) is 18.4 Å². The smallest absolute Gasteiger partial charge is 0.328 e. The Balaban J connectivity index is 1.37. The highest BCUT2D eigenvalue weighted by Gasteiger charge is 2.28. The summed E-state index contributed by atoms with van der Waals surface area (Å²) in [7, 11) is 0. The number of ether oxygens (including phenoxy) is 4.